The van der Waals surface area contributed by atoms with Crippen LogP contribution >= 0.6 is 23.5 Å². The third kappa shape index (κ3) is 4.09. The van der Waals surface area contributed by atoms with Crippen LogP contribution in [0.3, 0.4) is 0 Å². The van der Waals surface area contributed by atoms with Crippen LogP contribution in [0.2, 0.25) is 0 Å². The molecule has 0 spiro atoms. The fourth-order valence-electron chi connectivity index (χ4n) is 2.75. The molecule has 1 fully saturated rings. The second-order valence-corrected chi connectivity index (χ2v) is 7.97. The van der Waals surface area contributed by atoms with Crippen molar-refractivity contribution in [3.8, 4) is 0 Å². The van der Waals surface area contributed by atoms with E-state index in [9.17, 15) is 0 Å². The normalized spacial score (nSPS) is 33.3. The Kier molecular flexibility index (Phi) is 5.74. The largest absolute Gasteiger partial charge is 0.362 e. The Morgan fingerprint density at radius 1 is 1.33 bits per heavy atom. The Labute approximate surface area is 120 Å². The predicted molar refractivity (Wildman–Crippen MR) is 85.8 cm³/mol. The molecule has 1 saturated carbocycles. The lowest BCUT2D eigenvalue weighted by Gasteiger charge is -2.31. The number of amidine groups is 1. The van der Waals surface area contributed by atoms with Crippen molar-refractivity contribution < 1.29 is 0 Å². The number of aliphatic imine (C=N–C) groups is 1. The number of thioether (sulfide) groups is 2. The van der Waals surface area contributed by atoms with Crippen molar-refractivity contribution in [1.29, 1.82) is 0 Å². The van der Waals surface area contributed by atoms with Crippen LogP contribution in [0.5, 0.6) is 0 Å². The molecule has 3 unspecified atom stereocenters. The zero-order valence-electron chi connectivity index (χ0n) is 11.8. The number of hydrogen-bond acceptors (Lipinski definition) is 4. The first kappa shape index (κ1) is 14.6. The lowest BCUT2D eigenvalue weighted by Crippen LogP contribution is -2.40. The lowest BCUT2D eigenvalue weighted by molar-refractivity contribution is 0.420. The maximum absolute atomic E-state index is 4.89. The van der Waals surface area contributed by atoms with E-state index in [2.05, 4.69) is 25.4 Å². The third-order valence-corrected chi connectivity index (χ3v) is 6.02. The minimum absolute atomic E-state index is 0.536. The van der Waals surface area contributed by atoms with Crippen LogP contribution in [0, 0.1) is 5.92 Å². The molecule has 0 aromatic heterocycles. The van der Waals surface area contributed by atoms with Crippen LogP contribution < -0.4 is 5.32 Å². The molecule has 3 atom stereocenters. The Morgan fingerprint density at radius 3 is 2.89 bits per heavy atom. The molecule has 2 rings (SSSR count). The van der Waals surface area contributed by atoms with Gasteiger partial charge in [-0.15, -0.1) is 0 Å². The van der Waals surface area contributed by atoms with Crippen molar-refractivity contribution in [3.63, 3.8) is 0 Å². The van der Waals surface area contributed by atoms with Crippen molar-refractivity contribution in [1.82, 2.24) is 5.32 Å². The van der Waals surface area contributed by atoms with Crippen molar-refractivity contribution in [3.05, 3.63) is 0 Å². The van der Waals surface area contributed by atoms with Gasteiger partial charge in [-0.05, 0) is 37.9 Å². The molecular weight excluding hydrogens is 260 g/mol. The first-order chi connectivity index (χ1) is 8.69. The van der Waals surface area contributed by atoms with Crippen LogP contribution in [0.4, 0.5) is 0 Å². The van der Waals surface area contributed by atoms with E-state index in [1.165, 1.54) is 43.0 Å². The molecule has 0 aromatic rings. The molecule has 0 saturated heterocycles. The standard InChI is InChI=1S/C14H26N2S2/c1-10(2)13-7-8-18-14(16-13)15-11-5-4-6-12(9-11)17-3/h10-13H,4-9H2,1-3H3,(H,15,16). The zero-order valence-corrected chi connectivity index (χ0v) is 13.4. The molecule has 1 aliphatic heterocycles. The molecule has 1 aliphatic carbocycles. The molecule has 4 heteroatoms. The maximum Gasteiger partial charge on any atom is 0.157 e. The zero-order chi connectivity index (χ0) is 13.0. The van der Waals surface area contributed by atoms with Gasteiger partial charge in [-0.1, -0.05) is 32.0 Å². The van der Waals surface area contributed by atoms with E-state index in [0.29, 0.717) is 18.0 Å². The van der Waals surface area contributed by atoms with Crippen LogP contribution in [0.1, 0.15) is 46.0 Å². The monoisotopic (exact) mass is 286 g/mol. The molecule has 104 valence electrons. The quantitative estimate of drug-likeness (QED) is 0.854. The molecule has 1 N–H and O–H groups in total. The Bertz CT molecular complexity index is 292. The van der Waals surface area contributed by atoms with Crippen LogP contribution in [0.15, 0.2) is 4.99 Å². The Hall–Kier alpha value is 0.170. The summed E-state index contributed by atoms with van der Waals surface area (Å²) in [7, 11) is 0. The van der Waals surface area contributed by atoms with Crippen molar-refractivity contribution in [2.75, 3.05) is 12.0 Å². The molecule has 0 aromatic carbocycles. The fourth-order valence-corrected chi connectivity index (χ4v) is 4.59. The summed E-state index contributed by atoms with van der Waals surface area (Å²) >= 11 is 3.95. The van der Waals surface area contributed by atoms with Crippen molar-refractivity contribution in [2.24, 2.45) is 10.9 Å². The van der Waals surface area contributed by atoms with E-state index in [-0.39, 0.29) is 0 Å². The highest BCUT2D eigenvalue weighted by molar-refractivity contribution is 8.13. The summed E-state index contributed by atoms with van der Waals surface area (Å²) in [5.41, 5.74) is 0. The summed E-state index contributed by atoms with van der Waals surface area (Å²) in [6.45, 7) is 4.57. The molecule has 0 amide bonds. The smallest absolute Gasteiger partial charge is 0.157 e. The van der Waals surface area contributed by atoms with Crippen LogP contribution in [-0.4, -0.2) is 34.5 Å². The summed E-state index contributed by atoms with van der Waals surface area (Å²) < 4.78 is 0. The highest BCUT2D eigenvalue weighted by atomic mass is 32.2. The summed E-state index contributed by atoms with van der Waals surface area (Å²) in [4.78, 5) is 4.89. The van der Waals surface area contributed by atoms with E-state index in [4.69, 9.17) is 4.99 Å². The highest BCUT2D eigenvalue weighted by Crippen LogP contribution is 2.28. The van der Waals surface area contributed by atoms with E-state index < -0.39 is 0 Å². The maximum atomic E-state index is 4.89. The Morgan fingerprint density at radius 2 is 2.17 bits per heavy atom. The third-order valence-electron chi connectivity index (χ3n) is 3.99. The average Bonchev–Trinajstić information content (AvgIpc) is 2.39. The first-order valence-corrected chi connectivity index (χ1v) is 9.46. The minimum Gasteiger partial charge on any atom is -0.362 e. The SMILES string of the molecule is CSC1CCCC(NC2=NC(C(C)C)CCS2)C1. The van der Waals surface area contributed by atoms with Crippen LogP contribution in [-0.2, 0) is 0 Å². The Balaban J connectivity index is 1.88. The summed E-state index contributed by atoms with van der Waals surface area (Å²) in [5.74, 6) is 1.90. The fraction of sp³-hybridized carbons (Fsp3) is 0.929. The second kappa shape index (κ2) is 7.09. The van der Waals surface area contributed by atoms with E-state index in [1.807, 2.05) is 23.5 Å². The van der Waals surface area contributed by atoms with E-state index in [0.717, 1.165) is 5.25 Å². The van der Waals surface area contributed by atoms with Crippen LogP contribution in [0.25, 0.3) is 0 Å². The second-order valence-electron chi connectivity index (χ2n) is 5.75. The van der Waals surface area contributed by atoms with Gasteiger partial charge in [0.15, 0.2) is 5.17 Å². The van der Waals surface area contributed by atoms with Gasteiger partial charge in [-0.2, -0.15) is 11.8 Å². The van der Waals surface area contributed by atoms with E-state index in [1.54, 1.807) is 0 Å². The average molecular weight is 287 g/mol. The van der Waals surface area contributed by atoms with Gasteiger partial charge in [0.05, 0.1) is 6.04 Å². The van der Waals surface area contributed by atoms with Gasteiger partial charge >= 0.3 is 0 Å². The molecule has 2 nitrogen and oxygen atoms in total. The van der Waals surface area contributed by atoms with Gasteiger partial charge < -0.3 is 5.32 Å². The number of nitrogens with zero attached hydrogens (tertiary/aromatic N) is 1. The summed E-state index contributed by atoms with van der Waals surface area (Å²) in [6.07, 6.45) is 8.89. The van der Waals surface area contributed by atoms with Gasteiger partial charge in [-0.25, -0.2) is 0 Å². The first-order valence-electron chi connectivity index (χ1n) is 7.19. The van der Waals surface area contributed by atoms with Crippen molar-refractivity contribution >= 4 is 28.7 Å². The summed E-state index contributed by atoms with van der Waals surface area (Å²) in [5, 5.41) is 5.77. The van der Waals surface area contributed by atoms with Gasteiger partial charge in [0, 0.05) is 17.0 Å². The topological polar surface area (TPSA) is 24.4 Å². The number of rotatable bonds is 3. The van der Waals surface area contributed by atoms with Gasteiger partial charge in [0.1, 0.15) is 0 Å². The molecule has 1 heterocycles. The molecule has 18 heavy (non-hydrogen) atoms. The predicted octanol–water partition coefficient (Wildman–Crippen LogP) is 3.77. The molecule has 0 bridgehead atoms. The van der Waals surface area contributed by atoms with Gasteiger partial charge in [-0.3, -0.25) is 4.99 Å². The minimum atomic E-state index is 0.536. The molecular formula is C14H26N2S2. The molecule has 0 radical (unpaired) electrons. The van der Waals surface area contributed by atoms with Crippen molar-refractivity contribution in [2.45, 2.75) is 63.3 Å². The van der Waals surface area contributed by atoms with Gasteiger partial charge in [0.2, 0.25) is 0 Å². The number of hydrogen-bond donors (Lipinski definition) is 1. The number of nitrogens with one attached hydrogen (secondary N) is 1. The highest BCUT2D eigenvalue weighted by Gasteiger charge is 2.24. The van der Waals surface area contributed by atoms with Gasteiger partial charge in [0.25, 0.3) is 0 Å². The molecule has 2 aliphatic rings. The lowest BCUT2D eigenvalue weighted by atomic mass is 9.95. The van der Waals surface area contributed by atoms with E-state index >= 15 is 0 Å². The summed E-state index contributed by atoms with van der Waals surface area (Å²) in [6, 6.07) is 1.20.